The SMILES string of the molecule is CCCc1ccc(C(=O)OC)n1CC. The molecule has 14 heavy (non-hydrogen) atoms. The third-order valence-corrected chi connectivity index (χ3v) is 2.29. The van der Waals surface area contributed by atoms with Crippen molar-refractivity contribution in [2.75, 3.05) is 7.11 Å². The highest BCUT2D eigenvalue weighted by molar-refractivity contribution is 5.87. The maximum absolute atomic E-state index is 11.4. The van der Waals surface area contributed by atoms with E-state index in [9.17, 15) is 4.79 Å². The minimum Gasteiger partial charge on any atom is -0.464 e. The monoisotopic (exact) mass is 195 g/mol. The third kappa shape index (κ3) is 1.97. The number of aromatic nitrogens is 1. The van der Waals surface area contributed by atoms with Crippen LogP contribution in [0.2, 0.25) is 0 Å². The van der Waals surface area contributed by atoms with Gasteiger partial charge in [-0.05, 0) is 25.5 Å². The van der Waals surface area contributed by atoms with Gasteiger partial charge >= 0.3 is 5.97 Å². The molecule has 0 amide bonds. The van der Waals surface area contributed by atoms with E-state index >= 15 is 0 Å². The quantitative estimate of drug-likeness (QED) is 0.690. The van der Waals surface area contributed by atoms with Crippen LogP contribution in [-0.4, -0.2) is 17.6 Å². The van der Waals surface area contributed by atoms with Gasteiger partial charge in [0, 0.05) is 12.2 Å². The van der Waals surface area contributed by atoms with Crippen molar-refractivity contribution in [3.63, 3.8) is 0 Å². The molecular formula is C11H17NO2. The Morgan fingerprint density at radius 1 is 1.43 bits per heavy atom. The normalized spacial score (nSPS) is 10.2. The topological polar surface area (TPSA) is 31.2 Å². The van der Waals surface area contributed by atoms with Crippen molar-refractivity contribution >= 4 is 5.97 Å². The van der Waals surface area contributed by atoms with Crippen molar-refractivity contribution in [1.29, 1.82) is 0 Å². The second kappa shape index (κ2) is 4.84. The summed E-state index contributed by atoms with van der Waals surface area (Å²) in [5, 5.41) is 0. The molecule has 78 valence electrons. The number of hydrogen-bond acceptors (Lipinski definition) is 2. The summed E-state index contributed by atoms with van der Waals surface area (Å²) in [7, 11) is 1.41. The van der Waals surface area contributed by atoms with Crippen molar-refractivity contribution < 1.29 is 9.53 Å². The molecule has 0 aromatic carbocycles. The summed E-state index contributed by atoms with van der Waals surface area (Å²) >= 11 is 0. The number of carbonyl (C=O) groups is 1. The van der Waals surface area contributed by atoms with E-state index in [1.165, 1.54) is 12.8 Å². The summed E-state index contributed by atoms with van der Waals surface area (Å²) in [6.45, 7) is 4.98. The lowest BCUT2D eigenvalue weighted by atomic mass is 10.2. The van der Waals surface area contributed by atoms with Crippen LogP contribution in [0, 0.1) is 0 Å². The van der Waals surface area contributed by atoms with Gasteiger partial charge in [0.15, 0.2) is 0 Å². The van der Waals surface area contributed by atoms with Crippen molar-refractivity contribution in [3.8, 4) is 0 Å². The van der Waals surface area contributed by atoms with Crippen LogP contribution in [0.3, 0.4) is 0 Å². The molecule has 0 saturated carbocycles. The lowest BCUT2D eigenvalue weighted by molar-refractivity contribution is 0.0588. The number of aryl methyl sites for hydroxylation is 1. The average molecular weight is 195 g/mol. The molecule has 0 fully saturated rings. The molecule has 1 heterocycles. The minimum absolute atomic E-state index is 0.255. The summed E-state index contributed by atoms with van der Waals surface area (Å²) in [6, 6.07) is 3.83. The summed E-state index contributed by atoms with van der Waals surface area (Å²) in [5.74, 6) is -0.255. The Labute approximate surface area is 84.7 Å². The smallest absolute Gasteiger partial charge is 0.354 e. The summed E-state index contributed by atoms with van der Waals surface area (Å²) in [6.07, 6.45) is 2.09. The molecule has 0 aliphatic carbocycles. The molecule has 1 aromatic rings. The molecule has 0 bridgehead atoms. The molecule has 0 aliphatic heterocycles. The number of nitrogens with zero attached hydrogens (tertiary/aromatic N) is 1. The van der Waals surface area contributed by atoms with E-state index in [1.807, 2.05) is 23.6 Å². The number of esters is 1. The fraction of sp³-hybridized carbons (Fsp3) is 0.545. The van der Waals surface area contributed by atoms with Crippen LogP contribution < -0.4 is 0 Å². The molecule has 0 atom stereocenters. The number of ether oxygens (including phenoxy) is 1. The molecule has 0 radical (unpaired) electrons. The first-order valence-electron chi connectivity index (χ1n) is 5.01. The van der Waals surface area contributed by atoms with Crippen molar-refractivity contribution in [3.05, 3.63) is 23.5 Å². The summed E-state index contributed by atoms with van der Waals surface area (Å²) in [5.41, 5.74) is 1.86. The number of hydrogen-bond donors (Lipinski definition) is 0. The maximum Gasteiger partial charge on any atom is 0.354 e. The molecule has 0 N–H and O–H groups in total. The second-order valence-electron chi connectivity index (χ2n) is 3.20. The summed E-state index contributed by atoms with van der Waals surface area (Å²) in [4.78, 5) is 11.4. The Morgan fingerprint density at radius 3 is 2.64 bits per heavy atom. The van der Waals surface area contributed by atoms with Gasteiger partial charge in [-0.3, -0.25) is 0 Å². The van der Waals surface area contributed by atoms with Gasteiger partial charge in [0.1, 0.15) is 5.69 Å². The molecule has 1 rings (SSSR count). The van der Waals surface area contributed by atoms with Gasteiger partial charge in [0.2, 0.25) is 0 Å². The summed E-state index contributed by atoms with van der Waals surface area (Å²) < 4.78 is 6.72. The van der Waals surface area contributed by atoms with Crippen LogP contribution in [0.4, 0.5) is 0 Å². The van der Waals surface area contributed by atoms with Crippen molar-refractivity contribution in [2.45, 2.75) is 33.2 Å². The highest BCUT2D eigenvalue weighted by atomic mass is 16.5. The molecule has 0 aliphatic rings. The zero-order valence-electron chi connectivity index (χ0n) is 9.04. The second-order valence-corrected chi connectivity index (χ2v) is 3.20. The van der Waals surface area contributed by atoms with Crippen LogP contribution in [-0.2, 0) is 17.7 Å². The number of carbonyl (C=O) groups excluding carboxylic acids is 1. The van der Waals surface area contributed by atoms with Gasteiger partial charge in [0.05, 0.1) is 7.11 Å². The van der Waals surface area contributed by atoms with Crippen LogP contribution in [0.5, 0.6) is 0 Å². The Balaban J connectivity index is 3.00. The standard InChI is InChI=1S/C11H17NO2/c1-4-6-9-7-8-10(11(13)14-3)12(9)5-2/h7-8H,4-6H2,1-3H3. The highest BCUT2D eigenvalue weighted by Crippen LogP contribution is 2.12. The van der Waals surface area contributed by atoms with E-state index in [0.717, 1.165) is 19.4 Å². The van der Waals surface area contributed by atoms with E-state index in [4.69, 9.17) is 4.74 Å². The van der Waals surface area contributed by atoms with Crippen LogP contribution >= 0.6 is 0 Å². The number of rotatable bonds is 4. The van der Waals surface area contributed by atoms with E-state index in [-0.39, 0.29) is 5.97 Å². The van der Waals surface area contributed by atoms with Crippen molar-refractivity contribution in [1.82, 2.24) is 4.57 Å². The highest BCUT2D eigenvalue weighted by Gasteiger charge is 2.13. The zero-order chi connectivity index (χ0) is 10.6. The zero-order valence-corrected chi connectivity index (χ0v) is 9.04. The predicted molar refractivity (Wildman–Crippen MR) is 55.4 cm³/mol. The minimum atomic E-state index is -0.255. The lowest BCUT2D eigenvalue weighted by Gasteiger charge is -2.08. The Bertz CT molecular complexity index is 315. The fourth-order valence-electron chi connectivity index (χ4n) is 1.64. The molecule has 3 nitrogen and oxygen atoms in total. The Kier molecular flexibility index (Phi) is 3.74. The Morgan fingerprint density at radius 2 is 2.14 bits per heavy atom. The largest absolute Gasteiger partial charge is 0.464 e. The van der Waals surface area contributed by atoms with Gasteiger partial charge < -0.3 is 9.30 Å². The first-order valence-corrected chi connectivity index (χ1v) is 5.01. The van der Waals surface area contributed by atoms with Gasteiger partial charge in [-0.1, -0.05) is 13.3 Å². The van der Waals surface area contributed by atoms with E-state index < -0.39 is 0 Å². The number of methoxy groups -OCH3 is 1. The molecule has 1 aromatic heterocycles. The maximum atomic E-state index is 11.4. The van der Waals surface area contributed by atoms with Crippen LogP contribution in [0.15, 0.2) is 12.1 Å². The third-order valence-electron chi connectivity index (χ3n) is 2.29. The van der Waals surface area contributed by atoms with Gasteiger partial charge in [0.25, 0.3) is 0 Å². The molecule has 0 saturated heterocycles. The van der Waals surface area contributed by atoms with Gasteiger partial charge in [-0.25, -0.2) is 4.79 Å². The predicted octanol–water partition coefficient (Wildman–Crippen LogP) is 2.25. The Hall–Kier alpha value is -1.25. The van der Waals surface area contributed by atoms with Crippen LogP contribution in [0.1, 0.15) is 36.5 Å². The van der Waals surface area contributed by atoms with E-state index in [2.05, 4.69) is 6.92 Å². The molecule has 0 spiro atoms. The fourth-order valence-corrected chi connectivity index (χ4v) is 1.64. The molecule has 3 heteroatoms. The first kappa shape index (κ1) is 10.8. The van der Waals surface area contributed by atoms with E-state index in [0.29, 0.717) is 5.69 Å². The lowest BCUT2D eigenvalue weighted by Crippen LogP contribution is -2.11. The average Bonchev–Trinajstić information content (AvgIpc) is 2.60. The first-order chi connectivity index (χ1) is 6.74. The molecular weight excluding hydrogens is 178 g/mol. The van der Waals surface area contributed by atoms with Gasteiger partial charge in [-0.2, -0.15) is 0 Å². The van der Waals surface area contributed by atoms with Gasteiger partial charge in [-0.15, -0.1) is 0 Å². The van der Waals surface area contributed by atoms with E-state index in [1.54, 1.807) is 0 Å². The molecule has 0 unspecified atom stereocenters. The van der Waals surface area contributed by atoms with Crippen LogP contribution in [0.25, 0.3) is 0 Å². The van der Waals surface area contributed by atoms with Crippen molar-refractivity contribution in [2.24, 2.45) is 0 Å².